The third-order valence-corrected chi connectivity index (χ3v) is 12.3. The highest BCUT2D eigenvalue weighted by Gasteiger charge is 2.43. The molecule has 5 rings (SSSR count). The van der Waals surface area contributed by atoms with Crippen LogP contribution in [0.25, 0.3) is 10.9 Å². The zero-order chi connectivity index (χ0) is 43.6. The third kappa shape index (κ3) is 13.2. The van der Waals surface area contributed by atoms with Gasteiger partial charge in [-0.25, -0.2) is 14.5 Å². The fourth-order valence-corrected chi connectivity index (χ4v) is 8.14. The zero-order valence-electron chi connectivity index (χ0n) is 35.7. The number of carbonyl (C=O) groups excluding carboxylic acids is 4. The summed E-state index contributed by atoms with van der Waals surface area (Å²) in [5.41, 5.74) is 6.28. The highest BCUT2D eigenvalue weighted by molar-refractivity contribution is 7.87. The molecule has 1 aromatic carbocycles. The summed E-state index contributed by atoms with van der Waals surface area (Å²) in [4.78, 5) is 61.0. The highest BCUT2D eigenvalue weighted by Crippen LogP contribution is 2.40. The molecule has 0 bridgehead atoms. The molecule has 1 saturated carbocycles. The number of ether oxygens (including phenoxy) is 4. The van der Waals surface area contributed by atoms with E-state index in [2.05, 4.69) is 16.8 Å². The van der Waals surface area contributed by atoms with Crippen LogP contribution in [0, 0.1) is 11.3 Å². The maximum atomic E-state index is 14.1. The molecule has 3 heterocycles. The molecule has 2 saturated heterocycles. The Morgan fingerprint density at radius 2 is 1.83 bits per heavy atom. The van der Waals surface area contributed by atoms with Crippen LogP contribution in [-0.4, -0.2) is 136 Å². The van der Waals surface area contributed by atoms with Crippen molar-refractivity contribution in [1.29, 1.82) is 0 Å². The van der Waals surface area contributed by atoms with Crippen LogP contribution in [0.1, 0.15) is 77.7 Å². The van der Waals surface area contributed by atoms with Crippen LogP contribution in [0.2, 0.25) is 0 Å². The van der Waals surface area contributed by atoms with Crippen molar-refractivity contribution in [3.8, 4) is 11.6 Å². The molecule has 2 aliphatic heterocycles. The van der Waals surface area contributed by atoms with Gasteiger partial charge >= 0.3 is 16.3 Å². The average molecular weight is 858 g/mol. The molecule has 1 aromatic heterocycles. The van der Waals surface area contributed by atoms with Gasteiger partial charge in [0.25, 0.3) is 5.91 Å². The van der Waals surface area contributed by atoms with Crippen molar-refractivity contribution in [2.24, 2.45) is 17.1 Å². The van der Waals surface area contributed by atoms with E-state index in [-0.39, 0.29) is 37.8 Å². The number of morpholine rings is 1. The molecule has 3 aliphatic rings. The first-order chi connectivity index (χ1) is 28.5. The topological polar surface area (TPSA) is 212 Å². The van der Waals surface area contributed by atoms with Crippen molar-refractivity contribution in [2.75, 3.05) is 60.1 Å². The Kier molecular flexibility index (Phi) is 16.2. The monoisotopic (exact) mass is 857 g/mol. The number of unbranched alkanes of at least 4 members (excludes halogenated alkanes) is 2. The molecule has 60 heavy (non-hydrogen) atoms. The quantitative estimate of drug-likeness (QED) is 0.122. The zero-order valence-corrected chi connectivity index (χ0v) is 36.5. The molecule has 4 N–H and O–H groups in total. The number of fused-ring (bicyclic) bond motifs is 1. The number of pyridine rings is 1. The number of aromatic nitrogens is 1. The summed E-state index contributed by atoms with van der Waals surface area (Å²) in [6, 6.07) is 5.43. The Morgan fingerprint density at radius 3 is 2.52 bits per heavy atom. The molecule has 18 heteroatoms. The molecule has 5 atom stereocenters. The summed E-state index contributed by atoms with van der Waals surface area (Å²) in [6.07, 6.45) is 5.07. The Bertz CT molecular complexity index is 1950. The number of benzene rings is 1. The van der Waals surface area contributed by atoms with Crippen molar-refractivity contribution in [3.05, 3.63) is 42.5 Å². The SMILES string of the molecule is C=CCC(NC(=O)C1CC(Oc2nc3ccccc3c(OCCN3CCOCC3)c2CCCCCC2CC2OC(N)=O)CN1C(=O)CC(C)(C)C)C(=O)NS(=O)(=O)N(C)C. The molecular formula is C42H63N7O10S. The fourth-order valence-electron chi connectivity index (χ4n) is 7.56. The molecule has 332 valence electrons. The molecule has 4 amide bonds. The van der Waals surface area contributed by atoms with Gasteiger partial charge in [0.2, 0.25) is 17.7 Å². The first-order valence-electron chi connectivity index (χ1n) is 20.9. The van der Waals surface area contributed by atoms with Crippen LogP contribution < -0.4 is 25.2 Å². The molecule has 17 nitrogen and oxygen atoms in total. The van der Waals surface area contributed by atoms with Crippen molar-refractivity contribution >= 4 is 44.9 Å². The maximum Gasteiger partial charge on any atom is 0.404 e. The molecule has 2 aromatic rings. The largest absolute Gasteiger partial charge is 0.491 e. The minimum atomic E-state index is -4.14. The van der Waals surface area contributed by atoms with E-state index in [4.69, 9.17) is 29.7 Å². The average Bonchev–Trinajstić information content (AvgIpc) is 3.76. The lowest BCUT2D eigenvalue weighted by atomic mass is 9.91. The van der Waals surface area contributed by atoms with Crippen molar-refractivity contribution < 1.29 is 46.5 Å². The lowest BCUT2D eigenvalue weighted by molar-refractivity contribution is -0.140. The second-order valence-corrected chi connectivity index (χ2v) is 19.1. The van der Waals surface area contributed by atoms with Gasteiger partial charge in [-0.1, -0.05) is 51.8 Å². The van der Waals surface area contributed by atoms with Gasteiger partial charge in [0, 0.05) is 52.0 Å². The van der Waals surface area contributed by atoms with Crippen LogP contribution in [0.5, 0.6) is 11.6 Å². The Balaban J connectivity index is 1.40. The highest BCUT2D eigenvalue weighted by atomic mass is 32.2. The van der Waals surface area contributed by atoms with Gasteiger partial charge in [0.15, 0.2) is 0 Å². The Labute approximate surface area is 353 Å². The number of para-hydroxylation sites is 1. The summed E-state index contributed by atoms with van der Waals surface area (Å²) in [5.74, 6) is -0.449. The smallest absolute Gasteiger partial charge is 0.404 e. The summed E-state index contributed by atoms with van der Waals surface area (Å²) in [5, 5.41) is 3.53. The van der Waals surface area contributed by atoms with E-state index in [1.807, 2.05) is 49.8 Å². The van der Waals surface area contributed by atoms with Gasteiger partial charge in [0.05, 0.1) is 30.8 Å². The third-order valence-electron chi connectivity index (χ3n) is 10.9. The summed E-state index contributed by atoms with van der Waals surface area (Å²) >= 11 is 0. The van der Waals surface area contributed by atoms with E-state index < -0.39 is 51.7 Å². The maximum absolute atomic E-state index is 14.1. The fraction of sp³-hybridized carbons (Fsp3) is 0.643. The lowest BCUT2D eigenvalue weighted by Gasteiger charge is -2.28. The number of amides is 4. The number of nitrogens with zero attached hydrogens (tertiary/aromatic N) is 4. The Morgan fingerprint density at radius 1 is 1.10 bits per heavy atom. The number of hydrogen-bond donors (Lipinski definition) is 3. The molecule has 0 radical (unpaired) electrons. The van der Waals surface area contributed by atoms with E-state index >= 15 is 0 Å². The summed E-state index contributed by atoms with van der Waals surface area (Å²) in [6.45, 7) is 13.7. The van der Waals surface area contributed by atoms with Crippen molar-refractivity contribution in [3.63, 3.8) is 0 Å². The normalized spacial score (nSPS) is 21.3. The van der Waals surface area contributed by atoms with E-state index in [9.17, 15) is 27.6 Å². The predicted octanol–water partition coefficient (Wildman–Crippen LogP) is 3.30. The second kappa shape index (κ2) is 20.8. The van der Waals surface area contributed by atoms with Crippen LogP contribution in [0.15, 0.2) is 36.9 Å². The van der Waals surface area contributed by atoms with Gasteiger partial charge < -0.3 is 34.9 Å². The first-order valence-corrected chi connectivity index (χ1v) is 22.3. The van der Waals surface area contributed by atoms with E-state index in [0.717, 1.165) is 60.4 Å². The number of carbonyl (C=O) groups is 4. The van der Waals surface area contributed by atoms with Gasteiger partial charge in [-0.15, -0.1) is 6.58 Å². The predicted molar refractivity (Wildman–Crippen MR) is 225 cm³/mol. The van der Waals surface area contributed by atoms with Gasteiger partial charge in [-0.3, -0.25) is 19.3 Å². The number of primary amides is 1. The van der Waals surface area contributed by atoms with Crippen LogP contribution in [-0.2, 0) is 40.5 Å². The molecular weight excluding hydrogens is 795 g/mol. The standard InChI is InChI=1S/C42H63N7O10S/c1-7-13-33(38(51)46-60(54,55)47(5)6)44-39(52)34-25-29(27-49(34)36(50)26-42(2,3)4)58-40-31(16-10-8-9-14-28-24-35(28)59-41(43)53)37(30-15-11-12-17-32(30)45-40)57-23-20-48-18-21-56-22-19-48/h7,11-12,15,17,28-29,33-35H,1,8-10,13-14,16,18-27H2,2-6H3,(H2,43,53)(H,44,52)(H,46,51). The van der Waals surface area contributed by atoms with E-state index in [0.29, 0.717) is 55.9 Å². The summed E-state index contributed by atoms with van der Waals surface area (Å²) < 4.78 is 51.8. The number of nitrogens with one attached hydrogen (secondary N) is 2. The van der Waals surface area contributed by atoms with E-state index in [1.165, 1.54) is 25.1 Å². The molecule has 0 spiro atoms. The number of rotatable bonds is 21. The minimum Gasteiger partial charge on any atom is -0.491 e. The number of hydrogen-bond acceptors (Lipinski definition) is 12. The number of likely N-dealkylation sites (tertiary alicyclic amines) is 1. The number of nitrogens with two attached hydrogens (primary N) is 1. The molecule has 3 fully saturated rings. The van der Waals surface area contributed by atoms with E-state index in [1.54, 1.807) is 0 Å². The van der Waals surface area contributed by atoms with Crippen LogP contribution in [0.3, 0.4) is 0 Å². The van der Waals surface area contributed by atoms with Crippen molar-refractivity contribution in [2.45, 2.75) is 103 Å². The molecule has 1 aliphatic carbocycles. The van der Waals surface area contributed by atoms with Crippen molar-refractivity contribution in [1.82, 2.24) is 29.1 Å². The lowest BCUT2D eigenvalue weighted by Crippen LogP contribution is -2.54. The first kappa shape index (κ1) is 46.5. The molecule has 5 unspecified atom stereocenters. The van der Waals surface area contributed by atoms with Gasteiger partial charge in [-0.05, 0) is 55.6 Å². The minimum absolute atomic E-state index is 0.0514. The Hall–Kier alpha value is -4.52. The van der Waals surface area contributed by atoms with Crippen LogP contribution >= 0.6 is 0 Å². The van der Waals surface area contributed by atoms with Crippen LogP contribution in [0.4, 0.5) is 4.79 Å². The van der Waals surface area contributed by atoms with Gasteiger partial charge in [-0.2, -0.15) is 12.7 Å². The summed E-state index contributed by atoms with van der Waals surface area (Å²) in [7, 11) is -1.58. The van der Waals surface area contributed by atoms with Gasteiger partial charge in [0.1, 0.15) is 36.6 Å². The second-order valence-electron chi connectivity index (χ2n) is 17.2.